The van der Waals surface area contributed by atoms with E-state index in [9.17, 15) is 0 Å². The predicted molar refractivity (Wildman–Crippen MR) is 117 cm³/mol. The van der Waals surface area contributed by atoms with Crippen molar-refractivity contribution in [1.29, 1.82) is 0 Å². The number of nitrogens with zero attached hydrogens (tertiary/aromatic N) is 1. The first-order valence-electron chi connectivity index (χ1n) is 9.95. The summed E-state index contributed by atoms with van der Waals surface area (Å²) in [4.78, 5) is 4.42. The number of hydrogen-bond donors (Lipinski definition) is 0. The second-order valence-electron chi connectivity index (χ2n) is 6.83. The molecule has 2 aromatic carbocycles. The SMILES string of the molecule is CCCc1ccc(C#Cc2ccc(C#Cc3ccc(CCC)cc3)nc2)cc1. The van der Waals surface area contributed by atoms with Crippen LogP contribution in [0, 0.1) is 23.7 Å². The van der Waals surface area contributed by atoms with Crippen molar-refractivity contribution in [3.05, 3.63) is 100 Å². The average Bonchev–Trinajstić information content (AvgIpc) is 2.74. The second kappa shape index (κ2) is 10.1. The summed E-state index contributed by atoms with van der Waals surface area (Å²) in [6.45, 7) is 4.38. The first-order valence-corrected chi connectivity index (χ1v) is 9.95. The Balaban J connectivity index is 1.64. The van der Waals surface area contributed by atoms with Crippen LogP contribution >= 0.6 is 0 Å². The lowest BCUT2D eigenvalue weighted by atomic mass is 10.1. The summed E-state index contributed by atoms with van der Waals surface area (Å²) in [5, 5.41) is 0. The van der Waals surface area contributed by atoms with Gasteiger partial charge < -0.3 is 0 Å². The van der Waals surface area contributed by atoms with Crippen LogP contribution in [-0.4, -0.2) is 4.98 Å². The van der Waals surface area contributed by atoms with Crippen LogP contribution in [0.1, 0.15) is 60.2 Å². The van der Waals surface area contributed by atoms with Gasteiger partial charge in [-0.1, -0.05) is 68.7 Å². The molecule has 0 aliphatic heterocycles. The van der Waals surface area contributed by atoms with Crippen molar-refractivity contribution in [2.45, 2.75) is 39.5 Å². The Morgan fingerprint density at radius 1 is 0.571 bits per heavy atom. The van der Waals surface area contributed by atoms with Crippen molar-refractivity contribution in [3.63, 3.8) is 0 Å². The number of benzene rings is 2. The monoisotopic (exact) mass is 363 g/mol. The molecule has 138 valence electrons. The van der Waals surface area contributed by atoms with Crippen molar-refractivity contribution in [1.82, 2.24) is 4.98 Å². The molecule has 28 heavy (non-hydrogen) atoms. The summed E-state index contributed by atoms with van der Waals surface area (Å²) in [7, 11) is 0. The maximum absolute atomic E-state index is 4.42. The van der Waals surface area contributed by atoms with Crippen LogP contribution in [0.4, 0.5) is 0 Å². The molecule has 0 saturated heterocycles. The lowest BCUT2D eigenvalue weighted by molar-refractivity contribution is 0.922. The van der Waals surface area contributed by atoms with Crippen LogP contribution in [0.15, 0.2) is 66.9 Å². The van der Waals surface area contributed by atoms with Gasteiger partial charge in [-0.2, -0.15) is 0 Å². The smallest absolute Gasteiger partial charge is 0.113 e. The molecule has 1 aromatic heterocycles. The highest BCUT2D eigenvalue weighted by molar-refractivity contribution is 5.45. The second-order valence-corrected chi connectivity index (χ2v) is 6.83. The van der Waals surface area contributed by atoms with E-state index in [-0.39, 0.29) is 0 Å². The molecule has 1 heteroatoms. The fraction of sp³-hybridized carbons (Fsp3) is 0.222. The standard InChI is InChI=1S/C27H25N/c1-3-5-22-7-11-24(12-8-22)15-16-26-18-20-27(28-21-26)19-17-25-13-9-23(6-4-2)10-14-25/h7-14,18,20-21H,3-6H2,1-2H3. The molecule has 0 radical (unpaired) electrons. The van der Waals surface area contributed by atoms with E-state index in [2.05, 4.69) is 91.0 Å². The Labute approximate surface area is 168 Å². The van der Waals surface area contributed by atoms with E-state index in [1.165, 1.54) is 11.1 Å². The zero-order chi connectivity index (χ0) is 19.6. The molecule has 0 amide bonds. The number of pyridine rings is 1. The van der Waals surface area contributed by atoms with E-state index < -0.39 is 0 Å². The van der Waals surface area contributed by atoms with E-state index in [0.717, 1.165) is 48.1 Å². The molecule has 0 saturated carbocycles. The predicted octanol–water partition coefficient (Wildman–Crippen LogP) is 5.79. The molecule has 1 nitrogen and oxygen atoms in total. The summed E-state index contributed by atoms with van der Waals surface area (Å²) in [5.41, 5.74) is 6.40. The molecule has 3 aromatic rings. The lowest BCUT2D eigenvalue weighted by Crippen LogP contribution is -1.85. The maximum Gasteiger partial charge on any atom is 0.113 e. The van der Waals surface area contributed by atoms with Gasteiger partial charge in [-0.3, -0.25) is 0 Å². The van der Waals surface area contributed by atoms with E-state index >= 15 is 0 Å². The van der Waals surface area contributed by atoms with Crippen LogP contribution in [0.2, 0.25) is 0 Å². The van der Waals surface area contributed by atoms with Crippen molar-refractivity contribution < 1.29 is 0 Å². The summed E-state index contributed by atoms with van der Waals surface area (Å²) in [6, 6.07) is 20.8. The topological polar surface area (TPSA) is 12.9 Å². The van der Waals surface area contributed by atoms with Crippen molar-refractivity contribution in [3.8, 4) is 23.7 Å². The highest BCUT2D eigenvalue weighted by Gasteiger charge is 1.94. The minimum Gasteiger partial charge on any atom is -0.246 e. The van der Waals surface area contributed by atoms with Crippen molar-refractivity contribution >= 4 is 0 Å². The normalized spacial score (nSPS) is 9.79. The minimum absolute atomic E-state index is 0.757. The molecule has 0 atom stereocenters. The van der Waals surface area contributed by atoms with Crippen molar-refractivity contribution in [2.75, 3.05) is 0 Å². The van der Waals surface area contributed by atoms with Crippen molar-refractivity contribution in [2.24, 2.45) is 0 Å². The first-order chi connectivity index (χ1) is 13.8. The van der Waals surface area contributed by atoms with Gasteiger partial charge in [-0.25, -0.2) is 4.98 Å². The molecule has 0 fully saturated rings. The molecule has 0 spiro atoms. The first kappa shape index (κ1) is 19.5. The number of rotatable bonds is 4. The van der Waals surface area contributed by atoms with Crippen LogP contribution < -0.4 is 0 Å². The molecule has 1 heterocycles. The molecular formula is C27H25N. The van der Waals surface area contributed by atoms with Gasteiger partial charge in [0.2, 0.25) is 0 Å². The van der Waals surface area contributed by atoms with Gasteiger partial charge in [0.05, 0.1) is 0 Å². The van der Waals surface area contributed by atoms with Gasteiger partial charge in [0.15, 0.2) is 0 Å². The largest absolute Gasteiger partial charge is 0.246 e. The quantitative estimate of drug-likeness (QED) is 0.535. The van der Waals surface area contributed by atoms with Gasteiger partial charge >= 0.3 is 0 Å². The Morgan fingerprint density at radius 3 is 1.50 bits per heavy atom. The van der Waals surface area contributed by atoms with E-state index in [1.807, 2.05) is 12.1 Å². The zero-order valence-corrected chi connectivity index (χ0v) is 16.6. The third kappa shape index (κ3) is 5.87. The molecule has 0 aliphatic carbocycles. The summed E-state index contributed by atoms with van der Waals surface area (Å²) >= 11 is 0. The van der Waals surface area contributed by atoms with Gasteiger partial charge in [0.25, 0.3) is 0 Å². The van der Waals surface area contributed by atoms with Gasteiger partial charge in [0, 0.05) is 22.9 Å². The zero-order valence-electron chi connectivity index (χ0n) is 16.6. The maximum atomic E-state index is 4.42. The molecule has 0 bridgehead atoms. The number of hydrogen-bond acceptors (Lipinski definition) is 1. The Bertz CT molecular complexity index is 916. The van der Waals surface area contributed by atoms with E-state index in [4.69, 9.17) is 0 Å². The molecule has 0 unspecified atom stereocenters. The average molecular weight is 364 g/mol. The Kier molecular flexibility index (Phi) is 7.06. The van der Waals surface area contributed by atoms with Crippen LogP contribution in [0.5, 0.6) is 0 Å². The fourth-order valence-corrected chi connectivity index (χ4v) is 2.91. The fourth-order valence-electron chi connectivity index (χ4n) is 2.91. The highest BCUT2D eigenvalue weighted by Crippen LogP contribution is 2.07. The summed E-state index contributed by atoms with van der Waals surface area (Å²) in [6.07, 6.45) is 6.33. The lowest BCUT2D eigenvalue weighted by Gasteiger charge is -1.98. The Hall–Kier alpha value is -3.29. The van der Waals surface area contributed by atoms with Crippen LogP contribution in [-0.2, 0) is 12.8 Å². The number of aromatic nitrogens is 1. The minimum atomic E-state index is 0.757. The van der Waals surface area contributed by atoms with Gasteiger partial charge in [-0.15, -0.1) is 0 Å². The summed E-state index contributed by atoms with van der Waals surface area (Å²) < 4.78 is 0. The van der Waals surface area contributed by atoms with E-state index in [1.54, 1.807) is 6.20 Å². The molecule has 0 N–H and O–H groups in total. The number of aryl methyl sites for hydroxylation is 2. The molecular weight excluding hydrogens is 338 g/mol. The third-order valence-electron chi connectivity index (χ3n) is 4.43. The summed E-state index contributed by atoms with van der Waals surface area (Å²) in [5.74, 6) is 12.7. The van der Waals surface area contributed by atoms with Gasteiger partial charge in [-0.05, 0) is 66.3 Å². The Morgan fingerprint density at radius 2 is 1.04 bits per heavy atom. The third-order valence-corrected chi connectivity index (χ3v) is 4.43. The van der Waals surface area contributed by atoms with Gasteiger partial charge in [0.1, 0.15) is 5.69 Å². The van der Waals surface area contributed by atoms with Crippen LogP contribution in [0.25, 0.3) is 0 Å². The van der Waals surface area contributed by atoms with E-state index in [0.29, 0.717) is 0 Å². The molecule has 3 rings (SSSR count). The molecule has 0 aliphatic rings. The van der Waals surface area contributed by atoms with Crippen LogP contribution in [0.3, 0.4) is 0 Å². The highest BCUT2D eigenvalue weighted by atomic mass is 14.7.